The number of amides is 1. The molecule has 1 heterocycles. The number of ether oxygens (including phenoxy) is 2. The van der Waals surface area contributed by atoms with Gasteiger partial charge in [-0.2, -0.15) is 0 Å². The van der Waals surface area contributed by atoms with Crippen LogP contribution in [0.2, 0.25) is 0 Å². The molecule has 2 fully saturated rings. The minimum Gasteiger partial charge on any atom is -0.379 e. The van der Waals surface area contributed by atoms with Crippen LogP contribution >= 0.6 is 12.4 Å². The van der Waals surface area contributed by atoms with Gasteiger partial charge in [0.1, 0.15) is 6.04 Å². The summed E-state index contributed by atoms with van der Waals surface area (Å²) < 4.78 is 10.6. The van der Waals surface area contributed by atoms with Crippen molar-refractivity contribution in [3.8, 4) is 0 Å². The smallest absolute Gasteiger partial charge is 0.239 e. The Morgan fingerprint density at radius 2 is 2.29 bits per heavy atom. The zero-order chi connectivity index (χ0) is 11.2. The molecule has 1 aliphatic heterocycles. The lowest BCUT2D eigenvalue weighted by molar-refractivity contribution is -0.126. The molecule has 0 bridgehead atoms. The molecule has 1 saturated carbocycles. The highest BCUT2D eigenvalue weighted by Gasteiger charge is 2.22. The van der Waals surface area contributed by atoms with Gasteiger partial charge < -0.3 is 20.1 Å². The maximum atomic E-state index is 11.6. The summed E-state index contributed by atoms with van der Waals surface area (Å²) in [6.45, 7) is 3.94. The Labute approximate surface area is 108 Å². The van der Waals surface area contributed by atoms with Crippen LogP contribution in [0, 0.1) is 5.92 Å². The number of hydrogen-bond donors (Lipinski definition) is 2. The van der Waals surface area contributed by atoms with Gasteiger partial charge in [-0.3, -0.25) is 4.79 Å². The van der Waals surface area contributed by atoms with Crippen molar-refractivity contribution in [2.75, 3.05) is 39.5 Å². The van der Waals surface area contributed by atoms with Crippen molar-refractivity contribution >= 4 is 18.3 Å². The summed E-state index contributed by atoms with van der Waals surface area (Å²) in [5.41, 5.74) is 0. The Morgan fingerprint density at radius 1 is 1.47 bits per heavy atom. The number of halogens is 1. The zero-order valence-electron chi connectivity index (χ0n) is 9.94. The summed E-state index contributed by atoms with van der Waals surface area (Å²) in [5, 5.41) is 5.95. The van der Waals surface area contributed by atoms with Gasteiger partial charge in [0.25, 0.3) is 0 Å². The van der Waals surface area contributed by atoms with Crippen LogP contribution in [-0.2, 0) is 14.3 Å². The first-order valence-electron chi connectivity index (χ1n) is 6.03. The quantitative estimate of drug-likeness (QED) is 0.660. The van der Waals surface area contributed by atoms with Crippen molar-refractivity contribution in [3.05, 3.63) is 0 Å². The van der Waals surface area contributed by atoms with Gasteiger partial charge in [-0.1, -0.05) is 0 Å². The lowest BCUT2D eigenvalue weighted by atomic mass is 10.2. The van der Waals surface area contributed by atoms with Crippen molar-refractivity contribution in [1.82, 2.24) is 10.6 Å². The molecule has 1 aliphatic carbocycles. The van der Waals surface area contributed by atoms with Crippen LogP contribution < -0.4 is 10.6 Å². The highest BCUT2D eigenvalue weighted by atomic mass is 35.5. The number of hydrogen-bond acceptors (Lipinski definition) is 4. The second-order valence-electron chi connectivity index (χ2n) is 4.39. The first kappa shape index (κ1) is 14.7. The van der Waals surface area contributed by atoms with Gasteiger partial charge >= 0.3 is 0 Å². The number of morpholine rings is 1. The van der Waals surface area contributed by atoms with E-state index in [0.717, 1.165) is 19.1 Å². The van der Waals surface area contributed by atoms with Crippen LogP contribution in [0.5, 0.6) is 0 Å². The van der Waals surface area contributed by atoms with Crippen LogP contribution in [0.15, 0.2) is 0 Å². The second-order valence-corrected chi connectivity index (χ2v) is 4.39. The van der Waals surface area contributed by atoms with Crippen molar-refractivity contribution in [3.63, 3.8) is 0 Å². The van der Waals surface area contributed by atoms with E-state index in [1.54, 1.807) is 0 Å². The Morgan fingerprint density at radius 3 is 2.94 bits per heavy atom. The minimum absolute atomic E-state index is 0. The average molecular weight is 265 g/mol. The third-order valence-corrected chi connectivity index (χ3v) is 2.83. The Bertz CT molecular complexity index is 231. The third kappa shape index (κ3) is 5.68. The van der Waals surface area contributed by atoms with Crippen molar-refractivity contribution in [2.24, 2.45) is 5.92 Å². The SMILES string of the molecule is Cl.O=C(NCCOCC1CC1)C1COCCN1. The van der Waals surface area contributed by atoms with Crippen LogP contribution in [0.1, 0.15) is 12.8 Å². The molecule has 0 aromatic rings. The molecule has 1 amide bonds. The van der Waals surface area contributed by atoms with Gasteiger partial charge in [-0.25, -0.2) is 0 Å². The molecule has 100 valence electrons. The van der Waals surface area contributed by atoms with E-state index in [4.69, 9.17) is 9.47 Å². The molecule has 6 heteroatoms. The number of rotatable bonds is 6. The molecule has 0 aromatic heterocycles. The first-order chi connectivity index (χ1) is 7.86. The monoisotopic (exact) mass is 264 g/mol. The Hall–Kier alpha value is -0.360. The molecule has 5 nitrogen and oxygen atoms in total. The van der Waals surface area contributed by atoms with E-state index in [2.05, 4.69) is 10.6 Å². The number of nitrogens with one attached hydrogen (secondary N) is 2. The van der Waals surface area contributed by atoms with Crippen LogP contribution in [0.3, 0.4) is 0 Å². The lowest BCUT2D eigenvalue weighted by Crippen LogP contribution is -2.51. The van der Waals surface area contributed by atoms with Crippen LogP contribution in [0.25, 0.3) is 0 Å². The zero-order valence-corrected chi connectivity index (χ0v) is 10.8. The predicted octanol–water partition coefficient (Wildman–Crippen LogP) is -0.0606. The maximum Gasteiger partial charge on any atom is 0.239 e. The van der Waals surface area contributed by atoms with Crippen molar-refractivity contribution in [2.45, 2.75) is 18.9 Å². The van der Waals surface area contributed by atoms with Gasteiger partial charge in [0.2, 0.25) is 5.91 Å². The summed E-state index contributed by atoms with van der Waals surface area (Å²) in [6, 6.07) is -0.197. The van der Waals surface area contributed by atoms with Gasteiger partial charge in [-0.05, 0) is 18.8 Å². The molecular weight excluding hydrogens is 244 g/mol. The fraction of sp³-hybridized carbons (Fsp3) is 0.909. The molecule has 17 heavy (non-hydrogen) atoms. The van der Waals surface area contributed by atoms with Crippen LogP contribution in [0.4, 0.5) is 0 Å². The van der Waals surface area contributed by atoms with E-state index < -0.39 is 0 Å². The predicted molar refractivity (Wildman–Crippen MR) is 66.4 cm³/mol. The van der Waals surface area contributed by atoms with Crippen LogP contribution in [-0.4, -0.2) is 51.5 Å². The topological polar surface area (TPSA) is 59.6 Å². The minimum atomic E-state index is -0.197. The average Bonchev–Trinajstić information content (AvgIpc) is 3.13. The normalized spacial score (nSPS) is 23.9. The molecular formula is C11H21ClN2O3. The Balaban J connectivity index is 0.00000144. The summed E-state index contributed by atoms with van der Waals surface area (Å²) >= 11 is 0. The van der Waals surface area contributed by atoms with Crippen molar-refractivity contribution < 1.29 is 14.3 Å². The summed E-state index contributed by atoms with van der Waals surface area (Å²) in [5.74, 6) is 0.791. The van der Waals surface area contributed by atoms with E-state index in [9.17, 15) is 4.79 Å². The molecule has 1 unspecified atom stereocenters. The van der Waals surface area contributed by atoms with Crippen molar-refractivity contribution in [1.29, 1.82) is 0 Å². The van der Waals surface area contributed by atoms with Gasteiger partial charge in [-0.15, -0.1) is 12.4 Å². The summed E-state index contributed by atoms with van der Waals surface area (Å²) in [7, 11) is 0. The van der Waals surface area contributed by atoms with Gasteiger partial charge in [0.15, 0.2) is 0 Å². The van der Waals surface area contributed by atoms with E-state index >= 15 is 0 Å². The highest BCUT2D eigenvalue weighted by Crippen LogP contribution is 2.28. The first-order valence-corrected chi connectivity index (χ1v) is 6.03. The standard InChI is InChI=1S/C11H20N2O3.ClH/c14-11(10-8-16-5-3-12-10)13-4-6-15-7-9-1-2-9;/h9-10,12H,1-8H2,(H,13,14);1H. The van der Waals surface area contributed by atoms with Gasteiger partial charge in [0.05, 0.1) is 19.8 Å². The number of carbonyl (C=O) groups is 1. The van der Waals surface area contributed by atoms with E-state index in [1.807, 2.05) is 0 Å². The Kier molecular flexibility index (Phi) is 6.80. The second kappa shape index (κ2) is 7.87. The maximum absolute atomic E-state index is 11.6. The lowest BCUT2D eigenvalue weighted by Gasteiger charge is -2.22. The fourth-order valence-electron chi connectivity index (χ4n) is 1.64. The molecule has 0 spiro atoms. The third-order valence-electron chi connectivity index (χ3n) is 2.83. The molecule has 2 rings (SSSR count). The van der Waals surface area contributed by atoms with E-state index in [-0.39, 0.29) is 24.4 Å². The largest absolute Gasteiger partial charge is 0.379 e. The molecule has 0 radical (unpaired) electrons. The molecule has 1 saturated heterocycles. The highest BCUT2D eigenvalue weighted by molar-refractivity contribution is 5.85. The summed E-state index contributed by atoms with van der Waals surface area (Å²) in [6.07, 6.45) is 2.60. The fourth-order valence-corrected chi connectivity index (χ4v) is 1.64. The molecule has 2 N–H and O–H groups in total. The summed E-state index contributed by atoms with van der Waals surface area (Å²) in [4.78, 5) is 11.6. The molecule has 1 atom stereocenters. The molecule has 0 aromatic carbocycles. The van der Waals surface area contributed by atoms with E-state index in [1.165, 1.54) is 12.8 Å². The molecule has 2 aliphatic rings. The number of carbonyl (C=O) groups excluding carboxylic acids is 1. The van der Waals surface area contributed by atoms with Gasteiger partial charge in [0, 0.05) is 19.7 Å². The van der Waals surface area contributed by atoms with E-state index in [0.29, 0.717) is 26.4 Å².